The van der Waals surface area contributed by atoms with Gasteiger partial charge in [-0.2, -0.15) is 0 Å². The monoisotopic (exact) mass is 321 g/mol. The topological polar surface area (TPSA) is 20.3 Å². The molecular weight excluding hydrogens is 308 g/mol. The van der Waals surface area contributed by atoms with E-state index < -0.39 is 5.82 Å². The molecule has 0 aliphatic carbocycles. The number of carbonyl (C=O) groups is 1. The van der Waals surface area contributed by atoms with Gasteiger partial charge in [0.15, 0.2) is 0 Å². The van der Waals surface area contributed by atoms with Crippen molar-refractivity contribution in [3.8, 4) is 0 Å². The first-order chi connectivity index (χ1) is 8.10. The highest BCUT2D eigenvalue weighted by molar-refractivity contribution is 9.09. The molecule has 0 bridgehead atoms. The van der Waals surface area contributed by atoms with Crippen LogP contribution in [0, 0.1) is 5.82 Å². The lowest BCUT2D eigenvalue weighted by molar-refractivity contribution is 0.0760. The molecule has 1 aromatic rings. The molecule has 0 heterocycles. The van der Waals surface area contributed by atoms with Crippen molar-refractivity contribution in [3.05, 3.63) is 34.6 Å². The minimum Gasteiger partial charge on any atom is -0.339 e. The highest BCUT2D eigenvalue weighted by Gasteiger charge is 2.17. The number of halogens is 3. The van der Waals surface area contributed by atoms with Crippen LogP contribution in [-0.2, 0) is 0 Å². The molecule has 94 valence electrons. The van der Waals surface area contributed by atoms with E-state index in [1.54, 1.807) is 4.90 Å². The van der Waals surface area contributed by atoms with Crippen LogP contribution >= 0.6 is 27.5 Å². The third-order valence-electron chi connectivity index (χ3n) is 2.39. The predicted octanol–water partition coefficient (Wildman–Crippen LogP) is 3.73. The summed E-state index contributed by atoms with van der Waals surface area (Å²) in [7, 11) is 0. The molecule has 0 aliphatic rings. The Morgan fingerprint density at radius 2 is 2.24 bits per heavy atom. The SMILES string of the molecule is CCN(CCCBr)C(=O)c1cc(Cl)ccc1F. The Hall–Kier alpha value is -0.610. The third-order valence-corrected chi connectivity index (χ3v) is 3.19. The van der Waals surface area contributed by atoms with Gasteiger partial charge in [0.1, 0.15) is 5.82 Å². The minimum absolute atomic E-state index is 0.0360. The molecule has 1 aromatic carbocycles. The Bertz CT molecular complexity index is 400. The lowest BCUT2D eigenvalue weighted by atomic mass is 10.2. The molecular formula is C12H14BrClFNO. The van der Waals surface area contributed by atoms with E-state index in [1.807, 2.05) is 6.92 Å². The van der Waals surface area contributed by atoms with Gasteiger partial charge in [0.05, 0.1) is 5.56 Å². The van der Waals surface area contributed by atoms with Gasteiger partial charge >= 0.3 is 0 Å². The maximum absolute atomic E-state index is 13.5. The van der Waals surface area contributed by atoms with Crippen molar-refractivity contribution in [1.82, 2.24) is 4.90 Å². The maximum atomic E-state index is 13.5. The summed E-state index contributed by atoms with van der Waals surface area (Å²) < 4.78 is 13.5. The van der Waals surface area contributed by atoms with E-state index in [-0.39, 0.29) is 11.5 Å². The molecule has 0 spiro atoms. The van der Waals surface area contributed by atoms with Crippen molar-refractivity contribution in [2.45, 2.75) is 13.3 Å². The van der Waals surface area contributed by atoms with Gasteiger partial charge in [-0.25, -0.2) is 4.39 Å². The second kappa shape index (κ2) is 6.97. The van der Waals surface area contributed by atoms with Crippen molar-refractivity contribution < 1.29 is 9.18 Å². The number of hydrogen-bond acceptors (Lipinski definition) is 1. The molecule has 1 amide bonds. The Morgan fingerprint density at radius 3 is 2.82 bits per heavy atom. The van der Waals surface area contributed by atoms with Crippen LogP contribution in [0.15, 0.2) is 18.2 Å². The molecule has 1 rings (SSSR count). The largest absolute Gasteiger partial charge is 0.339 e. The third kappa shape index (κ3) is 3.96. The lowest BCUT2D eigenvalue weighted by Crippen LogP contribution is -2.32. The van der Waals surface area contributed by atoms with Crippen LogP contribution in [0.5, 0.6) is 0 Å². The van der Waals surface area contributed by atoms with Gasteiger partial charge in [-0.05, 0) is 31.5 Å². The fourth-order valence-electron chi connectivity index (χ4n) is 1.49. The molecule has 0 fully saturated rings. The molecule has 0 unspecified atom stereocenters. The number of nitrogens with zero attached hydrogens (tertiary/aromatic N) is 1. The summed E-state index contributed by atoms with van der Waals surface area (Å²) >= 11 is 9.07. The van der Waals surface area contributed by atoms with Gasteiger partial charge in [0, 0.05) is 23.4 Å². The zero-order valence-electron chi connectivity index (χ0n) is 9.55. The number of amides is 1. The molecule has 0 N–H and O–H groups in total. The van der Waals surface area contributed by atoms with Crippen LogP contribution in [0.2, 0.25) is 5.02 Å². The molecule has 0 saturated heterocycles. The van der Waals surface area contributed by atoms with E-state index in [0.717, 1.165) is 11.8 Å². The van der Waals surface area contributed by atoms with Gasteiger partial charge < -0.3 is 4.90 Å². The van der Waals surface area contributed by atoms with Crippen LogP contribution in [-0.4, -0.2) is 29.2 Å². The highest BCUT2D eigenvalue weighted by atomic mass is 79.9. The normalized spacial score (nSPS) is 10.4. The molecule has 0 aliphatic heterocycles. The Kier molecular flexibility index (Phi) is 5.92. The van der Waals surface area contributed by atoms with Crippen molar-refractivity contribution in [2.75, 3.05) is 18.4 Å². The van der Waals surface area contributed by atoms with Crippen LogP contribution < -0.4 is 0 Å². The van der Waals surface area contributed by atoms with E-state index in [0.29, 0.717) is 18.1 Å². The van der Waals surface area contributed by atoms with Gasteiger partial charge in [-0.3, -0.25) is 4.79 Å². The summed E-state index contributed by atoms with van der Waals surface area (Å²) in [4.78, 5) is 13.7. The van der Waals surface area contributed by atoms with Crippen molar-refractivity contribution in [1.29, 1.82) is 0 Å². The number of alkyl halides is 1. The second-order valence-corrected chi connectivity index (χ2v) is 4.78. The van der Waals surface area contributed by atoms with E-state index in [2.05, 4.69) is 15.9 Å². The van der Waals surface area contributed by atoms with Crippen molar-refractivity contribution >= 4 is 33.4 Å². The van der Waals surface area contributed by atoms with Crippen molar-refractivity contribution in [2.24, 2.45) is 0 Å². The molecule has 5 heteroatoms. The van der Waals surface area contributed by atoms with Gasteiger partial charge in [-0.15, -0.1) is 0 Å². The number of carbonyl (C=O) groups excluding carboxylic acids is 1. The summed E-state index contributed by atoms with van der Waals surface area (Å²) in [6.45, 7) is 3.03. The summed E-state index contributed by atoms with van der Waals surface area (Å²) in [5.41, 5.74) is 0.0360. The first-order valence-electron chi connectivity index (χ1n) is 5.40. The first-order valence-corrected chi connectivity index (χ1v) is 6.90. The number of hydrogen-bond donors (Lipinski definition) is 0. The van der Waals surface area contributed by atoms with Gasteiger partial charge in [0.2, 0.25) is 0 Å². The molecule has 2 nitrogen and oxygen atoms in total. The fourth-order valence-corrected chi connectivity index (χ4v) is 1.91. The average molecular weight is 323 g/mol. The molecule has 0 aromatic heterocycles. The van der Waals surface area contributed by atoms with Crippen LogP contribution in [0.1, 0.15) is 23.7 Å². The highest BCUT2D eigenvalue weighted by Crippen LogP contribution is 2.17. The first kappa shape index (κ1) is 14.5. The van der Waals surface area contributed by atoms with Crippen LogP contribution in [0.4, 0.5) is 4.39 Å². The lowest BCUT2D eigenvalue weighted by Gasteiger charge is -2.20. The fraction of sp³-hybridized carbons (Fsp3) is 0.417. The number of rotatable bonds is 5. The van der Waals surface area contributed by atoms with E-state index in [9.17, 15) is 9.18 Å². The Balaban J connectivity index is 2.89. The zero-order chi connectivity index (χ0) is 12.8. The van der Waals surface area contributed by atoms with E-state index in [1.165, 1.54) is 18.2 Å². The Labute approximate surface area is 114 Å². The Morgan fingerprint density at radius 1 is 1.53 bits per heavy atom. The van der Waals surface area contributed by atoms with Gasteiger partial charge in [0.25, 0.3) is 5.91 Å². The smallest absolute Gasteiger partial charge is 0.256 e. The van der Waals surface area contributed by atoms with Crippen LogP contribution in [0.3, 0.4) is 0 Å². The molecule has 17 heavy (non-hydrogen) atoms. The molecule has 0 radical (unpaired) electrons. The van der Waals surface area contributed by atoms with Gasteiger partial charge in [-0.1, -0.05) is 27.5 Å². The van der Waals surface area contributed by atoms with E-state index >= 15 is 0 Å². The van der Waals surface area contributed by atoms with Crippen LogP contribution in [0.25, 0.3) is 0 Å². The van der Waals surface area contributed by atoms with Crippen molar-refractivity contribution in [3.63, 3.8) is 0 Å². The standard InChI is InChI=1S/C12H14BrClFNO/c1-2-16(7-3-6-13)12(17)10-8-9(14)4-5-11(10)15/h4-5,8H,2-3,6-7H2,1H3. The zero-order valence-corrected chi connectivity index (χ0v) is 11.9. The summed E-state index contributed by atoms with van der Waals surface area (Å²) in [6.07, 6.45) is 0.835. The average Bonchev–Trinajstić information content (AvgIpc) is 2.33. The summed E-state index contributed by atoms with van der Waals surface area (Å²) in [6, 6.07) is 4.02. The van der Waals surface area contributed by atoms with E-state index in [4.69, 9.17) is 11.6 Å². The second-order valence-electron chi connectivity index (χ2n) is 3.55. The maximum Gasteiger partial charge on any atom is 0.256 e. The number of benzene rings is 1. The quantitative estimate of drug-likeness (QED) is 0.757. The molecule has 0 atom stereocenters. The summed E-state index contributed by atoms with van der Waals surface area (Å²) in [5.74, 6) is -0.842. The predicted molar refractivity (Wildman–Crippen MR) is 71.4 cm³/mol. The minimum atomic E-state index is -0.531. The molecule has 0 saturated carbocycles. The summed E-state index contributed by atoms with van der Waals surface area (Å²) in [5, 5.41) is 1.18.